The maximum atomic E-state index is 11.8. The first-order chi connectivity index (χ1) is 9.26. The molecule has 0 heterocycles. The van der Waals surface area contributed by atoms with Crippen LogP contribution in [0.2, 0.25) is 0 Å². The number of amides is 1. The van der Waals surface area contributed by atoms with Gasteiger partial charge < -0.3 is 11.1 Å². The van der Waals surface area contributed by atoms with E-state index in [9.17, 15) is 4.79 Å². The molecule has 0 aliphatic rings. The minimum absolute atomic E-state index is 0. The molecule has 0 radical (unpaired) electrons. The first kappa shape index (κ1) is 18.9. The molecule has 0 saturated heterocycles. The zero-order valence-electron chi connectivity index (χ0n) is 12.3. The van der Waals surface area contributed by atoms with Gasteiger partial charge in [-0.1, -0.05) is 50.1 Å². The second kappa shape index (κ2) is 11.7. The third-order valence-electron chi connectivity index (χ3n) is 3.27. The summed E-state index contributed by atoms with van der Waals surface area (Å²) in [6.07, 6.45) is 5.67. The molecule has 0 spiro atoms. The van der Waals surface area contributed by atoms with Gasteiger partial charge in [0.25, 0.3) is 0 Å². The maximum Gasteiger partial charge on any atom is 0.220 e. The molecule has 0 bridgehead atoms. The Bertz CT molecular complexity index is 357. The number of carbonyl (C=O) groups excluding carboxylic acids is 1. The lowest BCUT2D eigenvalue weighted by molar-refractivity contribution is -0.121. The number of unbranched alkanes of at least 4 members (excludes halogenated alkanes) is 1. The van der Waals surface area contributed by atoms with Gasteiger partial charge in [-0.25, -0.2) is 0 Å². The molecule has 1 amide bonds. The van der Waals surface area contributed by atoms with E-state index in [2.05, 4.69) is 24.4 Å². The fourth-order valence-electron chi connectivity index (χ4n) is 2.10. The van der Waals surface area contributed by atoms with E-state index >= 15 is 0 Å². The van der Waals surface area contributed by atoms with Crippen LogP contribution >= 0.6 is 12.4 Å². The number of halogens is 1. The number of aryl methyl sites for hydroxylation is 1. The fraction of sp³-hybridized carbons (Fsp3) is 0.562. The summed E-state index contributed by atoms with van der Waals surface area (Å²) in [6, 6.07) is 10.4. The summed E-state index contributed by atoms with van der Waals surface area (Å²) >= 11 is 0. The quantitative estimate of drug-likeness (QED) is 0.736. The zero-order chi connectivity index (χ0) is 13.9. The topological polar surface area (TPSA) is 55.1 Å². The van der Waals surface area contributed by atoms with Crippen molar-refractivity contribution in [1.82, 2.24) is 5.32 Å². The number of nitrogens with one attached hydrogen (secondary N) is 1. The Morgan fingerprint density at radius 1 is 1.25 bits per heavy atom. The lowest BCUT2D eigenvalue weighted by Crippen LogP contribution is -2.40. The summed E-state index contributed by atoms with van der Waals surface area (Å²) < 4.78 is 0. The molecule has 0 fully saturated rings. The molecule has 0 aliphatic heterocycles. The van der Waals surface area contributed by atoms with Crippen molar-refractivity contribution >= 4 is 18.3 Å². The molecule has 1 aromatic carbocycles. The van der Waals surface area contributed by atoms with Crippen LogP contribution in [-0.4, -0.2) is 18.5 Å². The van der Waals surface area contributed by atoms with Crippen LogP contribution in [0.3, 0.4) is 0 Å². The average Bonchev–Trinajstić information content (AvgIpc) is 2.44. The second-order valence-electron chi connectivity index (χ2n) is 4.98. The van der Waals surface area contributed by atoms with Gasteiger partial charge in [0, 0.05) is 19.0 Å². The van der Waals surface area contributed by atoms with Gasteiger partial charge in [-0.05, 0) is 24.8 Å². The fourth-order valence-corrected chi connectivity index (χ4v) is 2.10. The first-order valence-corrected chi connectivity index (χ1v) is 7.29. The molecule has 1 aromatic rings. The van der Waals surface area contributed by atoms with Crippen LogP contribution in [0.15, 0.2) is 30.3 Å². The van der Waals surface area contributed by atoms with Crippen LogP contribution in [0.1, 0.15) is 44.6 Å². The van der Waals surface area contributed by atoms with Gasteiger partial charge in [-0.2, -0.15) is 0 Å². The smallest absolute Gasteiger partial charge is 0.220 e. The number of benzene rings is 1. The van der Waals surface area contributed by atoms with Crippen LogP contribution in [-0.2, 0) is 11.2 Å². The summed E-state index contributed by atoms with van der Waals surface area (Å²) in [6.45, 7) is 2.68. The lowest BCUT2D eigenvalue weighted by atomic mass is 10.1. The first-order valence-electron chi connectivity index (χ1n) is 7.29. The molecule has 4 heteroatoms. The third-order valence-corrected chi connectivity index (χ3v) is 3.27. The number of hydrogen-bond donors (Lipinski definition) is 2. The van der Waals surface area contributed by atoms with Crippen molar-refractivity contribution in [3.63, 3.8) is 0 Å². The highest BCUT2D eigenvalue weighted by Gasteiger charge is 2.09. The van der Waals surface area contributed by atoms with Crippen LogP contribution in [0.5, 0.6) is 0 Å². The van der Waals surface area contributed by atoms with Crippen LogP contribution < -0.4 is 11.1 Å². The molecule has 3 nitrogen and oxygen atoms in total. The second-order valence-corrected chi connectivity index (χ2v) is 4.98. The maximum absolute atomic E-state index is 11.8. The molecule has 1 rings (SSSR count). The van der Waals surface area contributed by atoms with E-state index in [1.54, 1.807) is 0 Å². The number of rotatable bonds is 9. The van der Waals surface area contributed by atoms with E-state index in [0.29, 0.717) is 13.0 Å². The van der Waals surface area contributed by atoms with Gasteiger partial charge in [0.2, 0.25) is 5.91 Å². The highest BCUT2D eigenvalue weighted by atomic mass is 35.5. The minimum atomic E-state index is 0. The number of carbonyl (C=O) groups is 1. The Labute approximate surface area is 128 Å². The van der Waals surface area contributed by atoms with E-state index < -0.39 is 0 Å². The molecular formula is C16H27ClN2O. The molecular weight excluding hydrogens is 272 g/mol. The van der Waals surface area contributed by atoms with Crippen LogP contribution in [0, 0.1) is 0 Å². The Kier molecular flexibility index (Phi) is 11.1. The molecule has 1 atom stereocenters. The van der Waals surface area contributed by atoms with Gasteiger partial charge in [-0.3, -0.25) is 4.79 Å². The predicted molar refractivity (Wildman–Crippen MR) is 87.1 cm³/mol. The van der Waals surface area contributed by atoms with E-state index in [1.807, 2.05) is 18.2 Å². The van der Waals surface area contributed by atoms with Gasteiger partial charge in [0.05, 0.1) is 0 Å². The molecule has 0 aliphatic carbocycles. The molecule has 3 N–H and O–H groups in total. The molecule has 20 heavy (non-hydrogen) atoms. The number of nitrogens with two attached hydrogens (primary N) is 1. The summed E-state index contributed by atoms with van der Waals surface area (Å²) in [7, 11) is 0. The SMILES string of the molecule is CCCCC(CN)NC(=O)CCCc1ccccc1.Cl. The van der Waals surface area contributed by atoms with Crippen molar-refractivity contribution in [2.75, 3.05) is 6.54 Å². The van der Waals surface area contributed by atoms with Gasteiger partial charge in [-0.15, -0.1) is 12.4 Å². The van der Waals surface area contributed by atoms with Crippen molar-refractivity contribution < 1.29 is 4.79 Å². The number of hydrogen-bond acceptors (Lipinski definition) is 2. The summed E-state index contributed by atoms with van der Waals surface area (Å²) in [5, 5.41) is 3.02. The summed E-state index contributed by atoms with van der Waals surface area (Å²) in [5.74, 6) is 0.127. The van der Waals surface area contributed by atoms with Crippen molar-refractivity contribution in [3.8, 4) is 0 Å². The minimum Gasteiger partial charge on any atom is -0.352 e. The molecule has 1 unspecified atom stereocenters. The third kappa shape index (κ3) is 8.18. The van der Waals surface area contributed by atoms with Crippen LogP contribution in [0.25, 0.3) is 0 Å². The predicted octanol–water partition coefficient (Wildman–Crippen LogP) is 3.06. The lowest BCUT2D eigenvalue weighted by Gasteiger charge is -2.16. The molecule has 0 saturated carbocycles. The Morgan fingerprint density at radius 3 is 2.55 bits per heavy atom. The normalized spacial score (nSPS) is 11.5. The van der Waals surface area contributed by atoms with Crippen molar-refractivity contribution in [1.29, 1.82) is 0 Å². The molecule has 0 aromatic heterocycles. The van der Waals surface area contributed by atoms with Crippen molar-refractivity contribution in [2.24, 2.45) is 5.73 Å². The summed E-state index contributed by atoms with van der Waals surface area (Å²) in [4.78, 5) is 11.8. The van der Waals surface area contributed by atoms with Crippen molar-refractivity contribution in [2.45, 2.75) is 51.5 Å². The van der Waals surface area contributed by atoms with Gasteiger partial charge in [0.1, 0.15) is 0 Å². The Morgan fingerprint density at radius 2 is 1.95 bits per heavy atom. The zero-order valence-corrected chi connectivity index (χ0v) is 13.1. The van der Waals surface area contributed by atoms with E-state index in [-0.39, 0.29) is 24.4 Å². The largest absolute Gasteiger partial charge is 0.352 e. The van der Waals surface area contributed by atoms with E-state index in [1.165, 1.54) is 5.56 Å². The standard InChI is InChI=1S/C16H26N2O.ClH/c1-2-3-11-15(13-17)18-16(19)12-7-10-14-8-5-4-6-9-14;/h4-6,8-9,15H,2-3,7,10-13,17H2,1H3,(H,18,19);1H. The monoisotopic (exact) mass is 298 g/mol. The van der Waals surface area contributed by atoms with Gasteiger partial charge in [0.15, 0.2) is 0 Å². The van der Waals surface area contributed by atoms with E-state index in [4.69, 9.17) is 5.73 Å². The Balaban J connectivity index is 0.00000361. The van der Waals surface area contributed by atoms with Gasteiger partial charge >= 0.3 is 0 Å². The average molecular weight is 299 g/mol. The van der Waals surface area contributed by atoms with E-state index in [0.717, 1.165) is 32.1 Å². The molecule has 114 valence electrons. The highest BCUT2D eigenvalue weighted by molar-refractivity contribution is 5.85. The Hall–Kier alpha value is -1.06. The summed E-state index contributed by atoms with van der Waals surface area (Å²) in [5.41, 5.74) is 6.96. The van der Waals surface area contributed by atoms with Crippen LogP contribution in [0.4, 0.5) is 0 Å². The highest BCUT2D eigenvalue weighted by Crippen LogP contribution is 2.05. The van der Waals surface area contributed by atoms with Crippen molar-refractivity contribution in [3.05, 3.63) is 35.9 Å².